The Morgan fingerprint density at radius 1 is 1.25 bits per heavy atom. The van der Waals surface area contributed by atoms with Gasteiger partial charge in [-0.25, -0.2) is 13.4 Å². The third-order valence-electron chi connectivity index (χ3n) is 5.97. The van der Waals surface area contributed by atoms with Crippen LogP contribution in [-0.2, 0) is 26.0 Å². The molecular weight excluding hydrogens is 474 g/mol. The van der Waals surface area contributed by atoms with Crippen LogP contribution in [0.1, 0.15) is 17.7 Å². The van der Waals surface area contributed by atoms with E-state index in [2.05, 4.69) is 25.8 Å². The number of rotatable bonds is 8. The number of sulfonamides is 1. The second-order valence-electron chi connectivity index (χ2n) is 8.22. The first kappa shape index (κ1) is 24.1. The molecule has 0 saturated carbocycles. The minimum atomic E-state index is -3.25. The Balaban J connectivity index is 1.43. The van der Waals surface area contributed by atoms with E-state index in [0.717, 1.165) is 61.6 Å². The van der Waals surface area contributed by atoms with Gasteiger partial charge in [-0.15, -0.1) is 11.3 Å². The third kappa shape index (κ3) is 5.69. The molecule has 2 aliphatic rings. The molecule has 178 valence electrons. The summed E-state index contributed by atoms with van der Waals surface area (Å²) in [6, 6.07) is 2.13. The topological polar surface area (TPSA) is 88.1 Å². The van der Waals surface area contributed by atoms with Crippen LogP contribution in [0.5, 0.6) is 0 Å². The van der Waals surface area contributed by atoms with E-state index in [9.17, 15) is 8.42 Å². The van der Waals surface area contributed by atoms with Crippen molar-refractivity contribution in [1.82, 2.24) is 19.2 Å². The molecule has 2 aliphatic heterocycles. The van der Waals surface area contributed by atoms with Crippen LogP contribution < -0.4 is 4.90 Å². The molecule has 0 radical (unpaired) electrons. The van der Waals surface area contributed by atoms with Crippen LogP contribution in [-0.4, -0.2) is 99.5 Å². The fourth-order valence-corrected chi connectivity index (χ4v) is 6.88. The predicted molar refractivity (Wildman–Crippen MR) is 127 cm³/mol. The molecule has 0 bridgehead atoms. The van der Waals surface area contributed by atoms with Gasteiger partial charge >= 0.3 is 0 Å². The Hall–Kier alpha value is -1.08. The quantitative estimate of drug-likeness (QED) is 0.506. The van der Waals surface area contributed by atoms with Crippen molar-refractivity contribution in [3.05, 3.63) is 16.2 Å². The number of likely N-dealkylation sites (tertiary alicyclic amines) is 1. The summed E-state index contributed by atoms with van der Waals surface area (Å²) in [5.74, 6) is 0.889. The molecule has 2 aromatic heterocycles. The van der Waals surface area contributed by atoms with Gasteiger partial charge in [-0.05, 0) is 30.5 Å². The Morgan fingerprint density at radius 3 is 2.62 bits per heavy atom. The van der Waals surface area contributed by atoms with Gasteiger partial charge in [0.05, 0.1) is 36.3 Å². The molecule has 2 aromatic rings. The van der Waals surface area contributed by atoms with Gasteiger partial charge in [0.2, 0.25) is 15.3 Å². The Morgan fingerprint density at radius 2 is 1.97 bits per heavy atom. The molecule has 0 unspecified atom stereocenters. The lowest BCUT2D eigenvalue weighted by atomic mass is 10.0. The maximum atomic E-state index is 12.2. The van der Waals surface area contributed by atoms with Crippen LogP contribution in [0.4, 0.5) is 5.82 Å². The van der Waals surface area contributed by atoms with Gasteiger partial charge in [0.1, 0.15) is 0 Å². The molecule has 12 heteroatoms. The molecule has 0 atom stereocenters. The maximum Gasteiger partial charge on any atom is 0.224 e. The second-order valence-corrected chi connectivity index (χ2v) is 11.6. The Bertz CT molecular complexity index is 1020. The molecule has 32 heavy (non-hydrogen) atoms. The highest BCUT2D eigenvalue weighted by Crippen LogP contribution is 2.34. The first-order chi connectivity index (χ1) is 15.3. The summed E-state index contributed by atoms with van der Waals surface area (Å²) in [7, 11) is -1.66. The zero-order valence-electron chi connectivity index (χ0n) is 18.5. The zero-order chi connectivity index (χ0) is 22.7. The van der Waals surface area contributed by atoms with Gasteiger partial charge in [0.15, 0.2) is 5.82 Å². The number of fused-ring (bicyclic) bond motifs is 1. The fourth-order valence-electron chi connectivity index (χ4n) is 4.39. The molecule has 0 aliphatic carbocycles. The number of thiophene rings is 1. The number of ether oxygens (including phenoxy) is 2. The van der Waals surface area contributed by atoms with E-state index in [0.29, 0.717) is 26.4 Å². The molecule has 9 nitrogen and oxygen atoms in total. The summed E-state index contributed by atoms with van der Waals surface area (Å²) < 4.78 is 37.7. The molecule has 4 rings (SSSR count). The monoisotopic (exact) mass is 503 g/mol. The van der Waals surface area contributed by atoms with Gasteiger partial charge in [0, 0.05) is 57.3 Å². The van der Waals surface area contributed by atoms with E-state index < -0.39 is 10.0 Å². The largest absolute Gasteiger partial charge is 0.383 e. The number of aromatic nitrogens is 2. The summed E-state index contributed by atoms with van der Waals surface area (Å²) in [6.45, 7) is 6.28. The van der Waals surface area contributed by atoms with E-state index >= 15 is 0 Å². The van der Waals surface area contributed by atoms with Crippen LogP contribution >= 0.6 is 22.9 Å². The minimum Gasteiger partial charge on any atom is -0.383 e. The SMILES string of the molecule is COCCN(C1CCN(Cc2cc3nc(Cl)nc(N4CCOCC4)c3s2)CC1)S(C)(=O)=O. The van der Waals surface area contributed by atoms with Crippen LogP contribution in [0, 0.1) is 0 Å². The first-order valence-electron chi connectivity index (χ1n) is 10.8. The summed E-state index contributed by atoms with van der Waals surface area (Å²) in [6.07, 6.45) is 2.91. The van der Waals surface area contributed by atoms with E-state index in [1.165, 1.54) is 11.1 Å². The lowest BCUT2D eigenvalue weighted by Crippen LogP contribution is -2.47. The number of hydrogen-bond acceptors (Lipinski definition) is 9. The Kier molecular flexibility index (Phi) is 7.86. The molecule has 0 spiro atoms. The standard InChI is InChI=1S/C20H30ClN5O4S2/c1-29-10-9-26(32(2,27)28)15-3-5-24(6-4-15)14-16-13-17-18(31-16)19(23-20(21)22-17)25-7-11-30-12-8-25/h13,15H,3-12,14H2,1-2H3. The lowest BCUT2D eigenvalue weighted by Gasteiger charge is -2.37. The molecule has 0 N–H and O–H groups in total. The van der Waals surface area contributed by atoms with Crippen molar-refractivity contribution in [2.75, 3.05) is 70.8 Å². The number of hydrogen-bond donors (Lipinski definition) is 0. The van der Waals surface area contributed by atoms with Gasteiger partial charge in [-0.1, -0.05) is 0 Å². The minimum absolute atomic E-state index is 0.0244. The molecule has 0 aromatic carbocycles. The number of morpholine rings is 1. The summed E-state index contributed by atoms with van der Waals surface area (Å²) >= 11 is 7.93. The highest BCUT2D eigenvalue weighted by molar-refractivity contribution is 7.88. The summed E-state index contributed by atoms with van der Waals surface area (Å²) in [5, 5.41) is 0.265. The van der Waals surface area contributed by atoms with Gasteiger partial charge in [-0.3, -0.25) is 4.90 Å². The van der Waals surface area contributed by atoms with Crippen molar-refractivity contribution < 1.29 is 17.9 Å². The molecule has 2 saturated heterocycles. The Labute approximate surface area is 198 Å². The summed E-state index contributed by atoms with van der Waals surface area (Å²) in [5.41, 5.74) is 0.879. The van der Waals surface area contributed by atoms with Crippen LogP contribution in [0.2, 0.25) is 5.28 Å². The van der Waals surface area contributed by atoms with Gasteiger partial charge < -0.3 is 14.4 Å². The fraction of sp³-hybridized carbons (Fsp3) is 0.700. The zero-order valence-corrected chi connectivity index (χ0v) is 20.9. The number of piperidine rings is 1. The van der Waals surface area contributed by atoms with E-state index in [1.54, 1.807) is 22.8 Å². The molecule has 4 heterocycles. The average molecular weight is 504 g/mol. The molecule has 2 fully saturated rings. The van der Waals surface area contributed by atoms with E-state index in [-0.39, 0.29) is 11.3 Å². The highest BCUT2D eigenvalue weighted by Gasteiger charge is 2.30. The molecular formula is C20H30ClN5O4S2. The second kappa shape index (κ2) is 10.5. The smallest absolute Gasteiger partial charge is 0.224 e. The van der Waals surface area contributed by atoms with Crippen molar-refractivity contribution in [2.24, 2.45) is 0 Å². The number of methoxy groups -OCH3 is 1. The van der Waals surface area contributed by atoms with Crippen molar-refractivity contribution in [1.29, 1.82) is 0 Å². The number of anilines is 1. The number of halogens is 1. The van der Waals surface area contributed by atoms with Gasteiger partial charge in [-0.2, -0.15) is 9.29 Å². The van der Waals surface area contributed by atoms with Gasteiger partial charge in [0.25, 0.3) is 0 Å². The third-order valence-corrected chi connectivity index (χ3v) is 8.58. The van der Waals surface area contributed by atoms with Crippen LogP contribution in [0.15, 0.2) is 6.07 Å². The van der Waals surface area contributed by atoms with Crippen molar-refractivity contribution in [3.8, 4) is 0 Å². The maximum absolute atomic E-state index is 12.2. The summed E-state index contributed by atoms with van der Waals surface area (Å²) in [4.78, 5) is 14.8. The van der Waals surface area contributed by atoms with E-state index in [1.807, 2.05) is 0 Å². The van der Waals surface area contributed by atoms with Crippen molar-refractivity contribution in [2.45, 2.75) is 25.4 Å². The predicted octanol–water partition coefficient (Wildman–Crippen LogP) is 2.05. The first-order valence-corrected chi connectivity index (χ1v) is 13.9. The molecule has 0 amide bonds. The average Bonchev–Trinajstić information content (AvgIpc) is 3.16. The van der Waals surface area contributed by atoms with E-state index in [4.69, 9.17) is 21.1 Å². The van der Waals surface area contributed by atoms with Crippen molar-refractivity contribution in [3.63, 3.8) is 0 Å². The van der Waals surface area contributed by atoms with Crippen molar-refractivity contribution >= 4 is 49.0 Å². The number of nitrogens with zero attached hydrogens (tertiary/aromatic N) is 5. The normalized spacial score (nSPS) is 19.3. The highest BCUT2D eigenvalue weighted by atomic mass is 35.5. The van der Waals surface area contributed by atoms with Crippen LogP contribution in [0.3, 0.4) is 0 Å². The lowest BCUT2D eigenvalue weighted by molar-refractivity contribution is 0.122. The van der Waals surface area contributed by atoms with Crippen LogP contribution in [0.25, 0.3) is 10.2 Å².